The Kier molecular flexibility index (Phi) is 7.43. The second-order valence-electron chi connectivity index (χ2n) is 7.20. The Balaban J connectivity index is 1.71. The maximum absolute atomic E-state index is 11.6. The Hall–Kier alpha value is -3.61. The zero-order valence-corrected chi connectivity index (χ0v) is 17.8. The molecule has 1 aliphatic carbocycles. The number of nitrogens with zero attached hydrogens (tertiary/aromatic N) is 2. The fraction of sp³-hybridized carbons (Fsp3) is 0.292. The summed E-state index contributed by atoms with van der Waals surface area (Å²) in [5.41, 5.74) is 3.91. The van der Waals surface area contributed by atoms with Crippen molar-refractivity contribution in [1.29, 1.82) is 0 Å². The molecule has 0 aliphatic heterocycles. The molecule has 31 heavy (non-hydrogen) atoms. The summed E-state index contributed by atoms with van der Waals surface area (Å²) in [5, 5.41) is 17.9. The predicted molar refractivity (Wildman–Crippen MR) is 119 cm³/mol. The molecule has 1 N–H and O–H groups in total. The Morgan fingerprint density at radius 3 is 2.48 bits per heavy atom. The van der Waals surface area contributed by atoms with Gasteiger partial charge in [-0.3, -0.25) is 0 Å². The largest absolute Gasteiger partial charge is 0.503 e. The lowest BCUT2D eigenvalue weighted by atomic mass is 10.0. The standard InChI is InChI=1S/C24H26N2O5/c1-16(23(26-30-3)21-13-20(21)17-9-5-4-6-10-17)25-31-14-18-11-7-8-12-19(18)22(15-29-2)24(27)28/h4-12,15,20-21H,13-14H2,1-3H3,(H,27,28)/b22-15+,25-16?,26-23?/t20-,21+/m0/s1. The van der Waals surface area contributed by atoms with Crippen molar-refractivity contribution < 1.29 is 24.3 Å². The van der Waals surface area contributed by atoms with Gasteiger partial charge in [-0.15, -0.1) is 0 Å². The number of carbonyl (C=O) groups is 1. The average molecular weight is 422 g/mol. The van der Waals surface area contributed by atoms with E-state index in [9.17, 15) is 9.90 Å². The first-order chi connectivity index (χ1) is 15.1. The fourth-order valence-electron chi connectivity index (χ4n) is 3.57. The number of rotatable bonds is 10. The Bertz CT molecular complexity index is 998. The summed E-state index contributed by atoms with van der Waals surface area (Å²) < 4.78 is 4.91. The monoisotopic (exact) mass is 422 g/mol. The lowest BCUT2D eigenvalue weighted by Gasteiger charge is -2.10. The van der Waals surface area contributed by atoms with Gasteiger partial charge in [-0.05, 0) is 30.4 Å². The van der Waals surface area contributed by atoms with Gasteiger partial charge >= 0.3 is 5.97 Å². The predicted octanol–water partition coefficient (Wildman–Crippen LogP) is 4.46. The normalized spacial score (nSPS) is 19.0. The van der Waals surface area contributed by atoms with Gasteiger partial charge in [0.25, 0.3) is 0 Å². The maximum Gasteiger partial charge on any atom is 0.339 e. The highest BCUT2D eigenvalue weighted by Gasteiger charge is 2.43. The van der Waals surface area contributed by atoms with Gasteiger partial charge in [0, 0.05) is 11.5 Å². The summed E-state index contributed by atoms with van der Waals surface area (Å²) in [6.07, 6.45) is 2.18. The Morgan fingerprint density at radius 2 is 1.81 bits per heavy atom. The van der Waals surface area contributed by atoms with E-state index in [1.807, 2.05) is 31.2 Å². The van der Waals surface area contributed by atoms with Crippen LogP contribution < -0.4 is 0 Å². The number of hydrogen-bond acceptors (Lipinski definition) is 6. The smallest absolute Gasteiger partial charge is 0.339 e. The number of oxime groups is 2. The van der Waals surface area contributed by atoms with Crippen molar-refractivity contribution in [3.8, 4) is 0 Å². The number of carboxylic acids is 1. The molecule has 0 unspecified atom stereocenters. The van der Waals surface area contributed by atoms with Crippen LogP contribution in [0, 0.1) is 5.92 Å². The van der Waals surface area contributed by atoms with E-state index in [1.54, 1.807) is 18.2 Å². The molecule has 3 rings (SSSR count). The topological polar surface area (TPSA) is 89.7 Å². The molecule has 1 fully saturated rings. The van der Waals surface area contributed by atoms with Crippen LogP contribution >= 0.6 is 0 Å². The molecular weight excluding hydrogens is 396 g/mol. The number of carboxylic acid groups (broad SMARTS) is 1. The molecule has 162 valence electrons. The third-order valence-electron chi connectivity index (χ3n) is 5.12. The minimum absolute atomic E-state index is 0.0488. The number of methoxy groups -OCH3 is 1. The molecule has 0 amide bonds. The van der Waals surface area contributed by atoms with Crippen LogP contribution in [0.3, 0.4) is 0 Å². The summed E-state index contributed by atoms with van der Waals surface area (Å²) in [4.78, 5) is 22.2. The van der Waals surface area contributed by atoms with Crippen LogP contribution in [0.25, 0.3) is 5.57 Å². The maximum atomic E-state index is 11.6. The zero-order chi connectivity index (χ0) is 22.2. The van der Waals surface area contributed by atoms with Gasteiger partial charge in [0.2, 0.25) is 0 Å². The van der Waals surface area contributed by atoms with E-state index in [-0.39, 0.29) is 18.1 Å². The van der Waals surface area contributed by atoms with Crippen LogP contribution in [0.15, 0.2) is 71.2 Å². The van der Waals surface area contributed by atoms with Crippen molar-refractivity contribution in [3.63, 3.8) is 0 Å². The van der Waals surface area contributed by atoms with Crippen molar-refractivity contribution in [2.24, 2.45) is 16.2 Å². The third kappa shape index (κ3) is 5.51. The highest BCUT2D eigenvalue weighted by molar-refractivity contribution is 6.42. The number of ether oxygens (including phenoxy) is 1. The molecule has 1 saturated carbocycles. The first-order valence-corrected chi connectivity index (χ1v) is 9.94. The van der Waals surface area contributed by atoms with E-state index >= 15 is 0 Å². The molecule has 2 atom stereocenters. The van der Waals surface area contributed by atoms with Gasteiger partial charge in [-0.25, -0.2) is 4.79 Å². The van der Waals surface area contributed by atoms with Crippen LogP contribution in [0.4, 0.5) is 0 Å². The van der Waals surface area contributed by atoms with E-state index in [0.29, 0.717) is 22.8 Å². The van der Waals surface area contributed by atoms with E-state index in [2.05, 4.69) is 22.4 Å². The van der Waals surface area contributed by atoms with Crippen LogP contribution in [0.2, 0.25) is 0 Å². The lowest BCUT2D eigenvalue weighted by molar-refractivity contribution is -0.130. The summed E-state index contributed by atoms with van der Waals surface area (Å²) in [6.45, 7) is 1.94. The van der Waals surface area contributed by atoms with Gasteiger partial charge in [0.05, 0.1) is 13.4 Å². The molecule has 0 saturated heterocycles. The van der Waals surface area contributed by atoms with Gasteiger partial charge in [-0.2, -0.15) is 0 Å². The summed E-state index contributed by atoms with van der Waals surface area (Å²) in [6, 6.07) is 17.4. The molecule has 0 aromatic heterocycles. The molecule has 0 radical (unpaired) electrons. The minimum atomic E-state index is -1.08. The molecular formula is C24H26N2O5. The van der Waals surface area contributed by atoms with Gasteiger partial charge in [-0.1, -0.05) is 64.9 Å². The second-order valence-corrected chi connectivity index (χ2v) is 7.20. The van der Waals surface area contributed by atoms with Crippen LogP contribution in [0.1, 0.15) is 36.0 Å². The first kappa shape index (κ1) is 22.1. The van der Waals surface area contributed by atoms with E-state index in [4.69, 9.17) is 14.4 Å². The highest BCUT2D eigenvalue weighted by atomic mass is 16.6. The highest BCUT2D eigenvalue weighted by Crippen LogP contribution is 2.48. The summed E-state index contributed by atoms with van der Waals surface area (Å²) >= 11 is 0. The number of benzene rings is 2. The summed E-state index contributed by atoms with van der Waals surface area (Å²) in [7, 11) is 2.92. The molecule has 0 bridgehead atoms. The molecule has 0 heterocycles. The molecule has 7 heteroatoms. The van der Waals surface area contributed by atoms with Gasteiger partial charge in [0.15, 0.2) is 0 Å². The van der Waals surface area contributed by atoms with Crippen molar-refractivity contribution in [3.05, 3.63) is 77.5 Å². The Morgan fingerprint density at radius 1 is 1.10 bits per heavy atom. The average Bonchev–Trinajstić information content (AvgIpc) is 3.57. The molecule has 1 aliphatic rings. The van der Waals surface area contributed by atoms with Gasteiger partial charge < -0.3 is 19.5 Å². The van der Waals surface area contributed by atoms with Crippen LogP contribution in [-0.4, -0.2) is 36.7 Å². The molecule has 7 nitrogen and oxygen atoms in total. The van der Waals surface area contributed by atoms with E-state index < -0.39 is 5.97 Å². The van der Waals surface area contributed by atoms with Crippen LogP contribution in [0.5, 0.6) is 0 Å². The van der Waals surface area contributed by atoms with E-state index in [1.165, 1.54) is 26.0 Å². The van der Waals surface area contributed by atoms with Crippen molar-refractivity contribution in [1.82, 2.24) is 0 Å². The van der Waals surface area contributed by atoms with Crippen molar-refractivity contribution >= 4 is 23.0 Å². The van der Waals surface area contributed by atoms with Crippen LogP contribution in [-0.2, 0) is 25.8 Å². The third-order valence-corrected chi connectivity index (χ3v) is 5.12. The van der Waals surface area contributed by atoms with E-state index in [0.717, 1.165) is 12.1 Å². The van der Waals surface area contributed by atoms with Crippen molar-refractivity contribution in [2.45, 2.75) is 25.9 Å². The second kappa shape index (κ2) is 10.4. The first-order valence-electron chi connectivity index (χ1n) is 9.94. The molecule has 0 spiro atoms. The van der Waals surface area contributed by atoms with Gasteiger partial charge in [0.1, 0.15) is 30.7 Å². The fourth-order valence-corrected chi connectivity index (χ4v) is 3.57. The zero-order valence-electron chi connectivity index (χ0n) is 17.8. The summed E-state index contributed by atoms with van der Waals surface area (Å²) in [5.74, 6) is -0.465. The molecule has 2 aromatic carbocycles. The lowest BCUT2D eigenvalue weighted by Crippen LogP contribution is -2.15. The molecule has 2 aromatic rings. The quantitative estimate of drug-likeness (QED) is 0.264. The Labute approximate surface area is 181 Å². The number of aliphatic carboxylic acids is 1. The SMILES string of the molecule is CO/C=C(/C(=O)O)c1ccccc1CON=C(C)C(=NOC)[C@@H]1C[C@H]1c1ccccc1. The number of hydrogen-bond donors (Lipinski definition) is 1. The minimum Gasteiger partial charge on any atom is -0.503 e. The van der Waals surface area contributed by atoms with Crippen molar-refractivity contribution in [2.75, 3.05) is 14.2 Å².